The molecule has 3 N–H and O–H groups in total. The lowest BCUT2D eigenvalue weighted by Crippen LogP contribution is -2.35. The Morgan fingerprint density at radius 1 is 1.00 bits per heavy atom. The second-order valence-corrected chi connectivity index (χ2v) is 13.0. The number of amides is 1. The SMILES string of the molecule is COc1nc(-c2cccc(-c3cccc(-c4cnc(CN5CCC(O)(CC#N)C5)c(OC)n4)c3Cl)c2Cl)cnc1CNC[C@@H]1CCC(=O)N1. The summed E-state index contributed by atoms with van der Waals surface area (Å²) in [6, 6.07) is 13.4. The molecule has 4 heterocycles. The van der Waals surface area contributed by atoms with Crippen molar-refractivity contribution in [3.8, 4) is 51.5 Å². The molecule has 1 amide bonds. The number of aromatic nitrogens is 4. The second kappa shape index (κ2) is 15.0. The zero-order chi connectivity index (χ0) is 34.5. The molecule has 254 valence electrons. The smallest absolute Gasteiger partial charge is 0.237 e. The Hall–Kier alpha value is -4.38. The van der Waals surface area contributed by atoms with E-state index in [1.165, 1.54) is 7.11 Å². The van der Waals surface area contributed by atoms with Crippen LogP contribution < -0.4 is 20.1 Å². The van der Waals surface area contributed by atoms with Crippen LogP contribution in [0, 0.1) is 11.3 Å². The van der Waals surface area contributed by atoms with Gasteiger partial charge in [-0.05, 0) is 12.8 Å². The summed E-state index contributed by atoms with van der Waals surface area (Å²) in [5, 5.41) is 26.8. The predicted molar refractivity (Wildman–Crippen MR) is 185 cm³/mol. The number of aliphatic hydroxyl groups is 1. The fourth-order valence-electron chi connectivity index (χ4n) is 6.26. The molecule has 0 bridgehead atoms. The Labute approximate surface area is 294 Å². The minimum absolute atomic E-state index is 0.0759. The number of nitrogens with one attached hydrogen (secondary N) is 2. The molecule has 2 fully saturated rings. The number of carbonyl (C=O) groups excluding carboxylic acids is 1. The van der Waals surface area contributed by atoms with E-state index in [1.807, 2.05) is 41.3 Å². The van der Waals surface area contributed by atoms with Crippen molar-refractivity contribution in [3.63, 3.8) is 0 Å². The summed E-state index contributed by atoms with van der Waals surface area (Å²) in [6.45, 7) is 2.50. The van der Waals surface area contributed by atoms with E-state index in [1.54, 1.807) is 19.5 Å². The van der Waals surface area contributed by atoms with E-state index >= 15 is 0 Å². The van der Waals surface area contributed by atoms with Crippen LogP contribution in [0.5, 0.6) is 11.8 Å². The fraction of sp³-hybridized carbons (Fsp3) is 0.371. The van der Waals surface area contributed by atoms with Gasteiger partial charge in [0, 0.05) is 67.4 Å². The van der Waals surface area contributed by atoms with E-state index in [2.05, 4.69) is 26.7 Å². The van der Waals surface area contributed by atoms with Crippen molar-refractivity contribution in [3.05, 3.63) is 70.2 Å². The molecule has 2 aromatic heterocycles. The summed E-state index contributed by atoms with van der Waals surface area (Å²) in [6.07, 6.45) is 5.28. The molecule has 0 radical (unpaired) electrons. The van der Waals surface area contributed by atoms with Gasteiger partial charge in [0.05, 0.1) is 66.1 Å². The topological polar surface area (TPSA) is 158 Å². The number of nitrogens with zero attached hydrogens (tertiary/aromatic N) is 6. The van der Waals surface area contributed by atoms with E-state index in [4.69, 9.17) is 47.9 Å². The largest absolute Gasteiger partial charge is 0.480 e. The van der Waals surface area contributed by atoms with Crippen molar-refractivity contribution in [2.24, 2.45) is 0 Å². The Morgan fingerprint density at radius 2 is 1.59 bits per heavy atom. The van der Waals surface area contributed by atoms with Gasteiger partial charge in [0.2, 0.25) is 17.7 Å². The molecule has 0 aliphatic carbocycles. The first-order chi connectivity index (χ1) is 23.7. The summed E-state index contributed by atoms with van der Waals surface area (Å²) in [7, 11) is 3.08. The summed E-state index contributed by atoms with van der Waals surface area (Å²) >= 11 is 14.1. The van der Waals surface area contributed by atoms with Gasteiger partial charge in [0.25, 0.3) is 0 Å². The molecular formula is C35H36Cl2N8O4. The standard InChI is InChI=1S/C35H36Cl2N8O4/c1-48-33-28(16-39-15-21-9-10-30(46)42-21)40-17-26(43-33)24-7-3-5-22(31(24)36)23-6-4-8-25(32(23)37)27-18-41-29(34(44-27)49-2)19-45-14-12-35(47,20-45)11-13-38/h3-8,17-18,21,39,47H,9-12,14-16,19-20H2,1-2H3,(H,42,46)/t21-,35?/m0/s1. The Morgan fingerprint density at radius 3 is 2.16 bits per heavy atom. The maximum Gasteiger partial charge on any atom is 0.237 e. The lowest BCUT2D eigenvalue weighted by molar-refractivity contribution is -0.119. The molecule has 14 heteroatoms. The van der Waals surface area contributed by atoms with Crippen molar-refractivity contribution in [1.82, 2.24) is 35.5 Å². The van der Waals surface area contributed by atoms with Crippen LogP contribution in [-0.4, -0.2) is 81.3 Å². The molecule has 0 saturated carbocycles. The first kappa shape index (κ1) is 34.5. The van der Waals surface area contributed by atoms with Crippen molar-refractivity contribution in [2.45, 2.75) is 50.4 Å². The van der Waals surface area contributed by atoms with Crippen LogP contribution in [-0.2, 0) is 17.9 Å². The van der Waals surface area contributed by atoms with Crippen LogP contribution in [0.1, 0.15) is 37.1 Å². The molecule has 2 aliphatic heterocycles. The Balaban J connectivity index is 1.22. The molecule has 6 rings (SSSR count). The first-order valence-corrected chi connectivity index (χ1v) is 16.7. The molecule has 2 atom stereocenters. The Bertz CT molecular complexity index is 1900. The molecular weight excluding hydrogens is 667 g/mol. The van der Waals surface area contributed by atoms with Crippen LogP contribution in [0.25, 0.3) is 33.6 Å². The number of hydrogen-bond donors (Lipinski definition) is 3. The lowest BCUT2D eigenvalue weighted by Gasteiger charge is -2.21. The van der Waals surface area contributed by atoms with Gasteiger partial charge < -0.3 is 25.2 Å². The van der Waals surface area contributed by atoms with Crippen LogP contribution in [0.3, 0.4) is 0 Å². The summed E-state index contributed by atoms with van der Waals surface area (Å²) in [5.74, 6) is 0.804. The third-order valence-electron chi connectivity index (χ3n) is 8.81. The molecule has 2 saturated heterocycles. The molecule has 1 unspecified atom stereocenters. The highest BCUT2D eigenvalue weighted by Crippen LogP contribution is 2.42. The highest BCUT2D eigenvalue weighted by molar-refractivity contribution is 6.39. The van der Waals surface area contributed by atoms with Gasteiger partial charge in [-0.1, -0.05) is 59.6 Å². The quantitative estimate of drug-likeness (QED) is 0.186. The van der Waals surface area contributed by atoms with Crippen molar-refractivity contribution < 1.29 is 19.4 Å². The maximum absolute atomic E-state index is 11.5. The highest BCUT2D eigenvalue weighted by atomic mass is 35.5. The van der Waals surface area contributed by atoms with Gasteiger partial charge in [-0.25, -0.2) is 9.97 Å². The van der Waals surface area contributed by atoms with Crippen molar-refractivity contribution >= 4 is 29.1 Å². The van der Waals surface area contributed by atoms with E-state index in [-0.39, 0.29) is 18.4 Å². The van der Waals surface area contributed by atoms with E-state index in [0.717, 1.165) is 6.42 Å². The summed E-state index contributed by atoms with van der Waals surface area (Å²) < 4.78 is 11.2. The van der Waals surface area contributed by atoms with Crippen LogP contribution in [0.4, 0.5) is 0 Å². The normalized spacial score (nSPS) is 19.1. The number of carbonyl (C=O) groups is 1. The minimum atomic E-state index is -1.02. The number of ether oxygens (including phenoxy) is 2. The fourth-order valence-corrected chi connectivity index (χ4v) is 6.91. The molecule has 2 aliphatic rings. The summed E-state index contributed by atoms with van der Waals surface area (Å²) in [4.78, 5) is 32.2. The van der Waals surface area contributed by atoms with Gasteiger partial charge in [-0.15, -0.1) is 0 Å². The van der Waals surface area contributed by atoms with Crippen molar-refractivity contribution in [2.75, 3.05) is 33.9 Å². The number of hydrogen-bond acceptors (Lipinski definition) is 11. The summed E-state index contributed by atoms with van der Waals surface area (Å²) in [5.41, 5.74) is 4.02. The lowest BCUT2D eigenvalue weighted by atomic mass is 9.98. The van der Waals surface area contributed by atoms with Gasteiger partial charge in [0.15, 0.2) is 0 Å². The number of nitriles is 1. The van der Waals surface area contributed by atoms with Gasteiger partial charge in [-0.3, -0.25) is 19.7 Å². The predicted octanol–water partition coefficient (Wildman–Crippen LogP) is 4.81. The van der Waals surface area contributed by atoms with Crippen LogP contribution in [0.15, 0.2) is 48.8 Å². The highest BCUT2D eigenvalue weighted by Gasteiger charge is 2.36. The number of benzene rings is 2. The molecule has 0 spiro atoms. The zero-order valence-electron chi connectivity index (χ0n) is 27.2. The third kappa shape index (κ3) is 7.61. The minimum Gasteiger partial charge on any atom is -0.480 e. The molecule has 12 nitrogen and oxygen atoms in total. The van der Waals surface area contributed by atoms with Gasteiger partial charge in [-0.2, -0.15) is 5.26 Å². The number of halogens is 2. The average molecular weight is 704 g/mol. The van der Waals surface area contributed by atoms with Gasteiger partial charge >= 0.3 is 0 Å². The van der Waals surface area contributed by atoms with Crippen LogP contribution >= 0.6 is 23.2 Å². The van der Waals surface area contributed by atoms with E-state index in [9.17, 15) is 9.90 Å². The number of likely N-dealkylation sites (tertiary alicyclic amines) is 1. The first-order valence-electron chi connectivity index (χ1n) is 15.9. The number of methoxy groups -OCH3 is 2. The van der Waals surface area contributed by atoms with Crippen LogP contribution in [0.2, 0.25) is 10.0 Å². The van der Waals surface area contributed by atoms with Gasteiger partial charge in [0.1, 0.15) is 11.4 Å². The van der Waals surface area contributed by atoms with E-state index in [0.29, 0.717) is 112 Å². The molecule has 49 heavy (non-hydrogen) atoms. The van der Waals surface area contributed by atoms with Crippen molar-refractivity contribution in [1.29, 1.82) is 5.26 Å². The second-order valence-electron chi connectivity index (χ2n) is 12.2. The zero-order valence-corrected chi connectivity index (χ0v) is 28.7. The third-order valence-corrected chi connectivity index (χ3v) is 9.62. The average Bonchev–Trinajstić information content (AvgIpc) is 3.69. The molecule has 2 aromatic carbocycles. The molecule has 4 aromatic rings. The number of rotatable bonds is 12. The van der Waals surface area contributed by atoms with E-state index < -0.39 is 5.60 Å². The monoisotopic (exact) mass is 702 g/mol. The Kier molecular flexibility index (Phi) is 10.6. The number of β-amino-alcohol motifs (C(OH)–C–C–N with tert-alkyl or cyclic N) is 1. The maximum atomic E-state index is 11.5.